The number of esters is 1. The molecule has 2 rings (SSSR count). The number of nitrogens with one attached hydrogen (secondary N) is 2. The average Bonchev–Trinajstić information content (AvgIpc) is 2.89. The van der Waals surface area contributed by atoms with Crippen LogP contribution in [0.4, 0.5) is 10.7 Å². The van der Waals surface area contributed by atoms with Gasteiger partial charge in [-0.3, -0.25) is 4.79 Å². The Morgan fingerprint density at radius 2 is 1.88 bits per heavy atom. The van der Waals surface area contributed by atoms with E-state index < -0.39 is 11.9 Å². The van der Waals surface area contributed by atoms with E-state index in [0.29, 0.717) is 26.9 Å². The summed E-state index contributed by atoms with van der Waals surface area (Å²) in [4.78, 5) is 24.2. The van der Waals surface area contributed by atoms with Gasteiger partial charge in [0.25, 0.3) is 0 Å². The molecule has 0 aliphatic rings. The first kappa shape index (κ1) is 18.9. The number of ether oxygens (including phenoxy) is 1. The number of hydrogen-bond acceptors (Lipinski definition) is 5. The number of amides is 1. The molecule has 0 unspecified atom stereocenters. The van der Waals surface area contributed by atoms with Crippen molar-refractivity contribution in [1.82, 2.24) is 0 Å². The van der Waals surface area contributed by atoms with Gasteiger partial charge in [0.1, 0.15) is 5.00 Å². The predicted molar refractivity (Wildman–Crippen MR) is 105 cm³/mol. The van der Waals surface area contributed by atoms with Crippen LogP contribution in [0.15, 0.2) is 24.3 Å². The Balaban J connectivity index is 2.17. The van der Waals surface area contributed by atoms with Crippen LogP contribution in [0.5, 0.6) is 0 Å². The van der Waals surface area contributed by atoms with Crippen molar-refractivity contribution in [2.24, 2.45) is 5.73 Å². The lowest BCUT2D eigenvalue weighted by molar-refractivity contribution is 0.0601. The fourth-order valence-electron chi connectivity index (χ4n) is 2.39. The number of thiophene rings is 1. The third kappa shape index (κ3) is 4.34. The Hall–Kier alpha value is -2.45. The second-order valence-corrected chi connectivity index (χ2v) is 6.84. The minimum absolute atomic E-state index is 0.334. The molecule has 132 valence electrons. The van der Waals surface area contributed by atoms with Crippen LogP contribution in [0, 0.1) is 6.92 Å². The highest BCUT2D eigenvalue weighted by Gasteiger charge is 2.22. The summed E-state index contributed by atoms with van der Waals surface area (Å²) < 4.78 is 4.89. The van der Waals surface area contributed by atoms with E-state index in [9.17, 15) is 9.59 Å². The summed E-state index contributed by atoms with van der Waals surface area (Å²) >= 11 is 6.77. The molecule has 4 N–H and O–H groups in total. The van der Waals surface area contributed by atoms with E-state index >= 15 is 0 Å². The molecule has 8 heteroatoms. The number of aryl methyl sites for hydroxylation is 1. The zero-order chi connectivity index (χ0) is 18.6. The molecule has 0 bridgehead atoms. The maximum absolute atomic E-state index is 12.1. The maximum atomic E-state index is 12.1. The number of anilines is 2. The smallest absolute Gasteiger partial charge is 0.341 e. The Kier molecular flexibility index (Phi) is 6.11. The summed E-state index contributed by atoms with van der Waals surface area (Å²) in [6.07, 6.45) is 0.725. The molecule has 0 aliphatic heterocycles. The normalized spacial score (nSPS) is 10.2. The fraction of sp³-hybridized carbons (Fsp3) is 0.235. The summed E-state index contributed by atoms with van der Waals surface area (Å²) in [6.45, 7) is 3.95. The third-order valence-corrected chi connectivity index (χ3v) is 4.87. The van der Waals surface area contributed by atoms with Crippen molar-refractivity contribution in [2.45, 2.75) is 20.3 Å². The highest BCUT2D eigenvalue weighted by atomic mass is 32.1. The number of hydrogen-bond donors (Lipinski definition) is 3. The van der Waals surface area contributed by atoms with Gasteiger partial charge in [-0.05, 0) is 55.4 Å². The van der Waals surface area contributed by atoms with Crippen molar-refractivity contribution in [3.8, 4) is 0 Å². The van der Waals surface area contributed by atoms with Gasteiger partial charge in [-0.1, -0.05) is 6.92 Å². The Morgan fingerprint density at radius 1 is 1.24 bits per heavy atom. The second kappa shape index (κ2) is 8.09. The zero-order valence-corrected chi connectivity index (χ0v) is 15.8. The molecule has 0 fully saturated rings. The second-order valence-electron chi connectivity index (χ2n) is 5.21. The minimum atomic E-state index is -0.490. The minimum Gasteiger partial charge on any atom is -0.465 e. The number of carbonyl (C=O) groups is 2. The Morgan fingerprint density at radius 3 is 2.40 bits per heavy atom. The number of benzene rings is 1. The number of methoxy groups -OCH3 is 1. The van der Waals surface area contributed by atoms with Crippen LogP contribution in [0.1, 0.15) is 38.1 Å². The Labute approximate surface area is 155 Å². The van der Waals surface area contributed by atoms with Crippen LogP contribution < -0.4 is 16.4 Å². The van der Waals surface area contributed by atoms with E-state index in [0.717, 1.165) is 16.9 Å². The molecule has 0 saturated heterocycles. The summed E-state index contributed by atoms with van der Waals surface area (Å²) in [5.74, 6) is -0.881. The average molecular weight is 377 g/mol. The van der Waals surface area contributed by atoms with E-state index in [1.165, 1.54) is 18.4 Å². The van der Waals surface area contributed by atoms with E-state index in [1.807, 2.05) is 13.8 Å². The van der Waals surface area contributed by atoms with Gasteiger partial charge in [-0.2, -0.15) is 0 Å². The summed E-state index contributed by atoms with van der Waals surface area (Å²) in [5, 5.41) is 7.04. The predicted octanol–water partition coefficient (Wildman–Crippen LogP) is 3.31. The molecular formula is C17H19N3O3S2. The van der Waals surface area contributed by atoms with Gasteiger partial charge in [0.2, 0.25) is 5.91 Å². The van der Waals surface area contributed by atoms with Crippen LogP contribution in [0.25, 0.3) is 0 Å². The van der Waals surface area contributed by atoms with Crippen molar-refractivity contribution in [2.75, 3.05) is 17.7 Å². The van der Waals surface area contributed by atoms with Crippen LogP contribution in [0.3, 0.4) is 0 Å². The maximum Gasteiger partial charge on any atom is 0.341 e. The van der Waals surface area contributed by atoms with Crippen molar-refractivity contribution < 1.29 is 14.3 Å². The lowest BCUT2D eigenvalue weighted by atomic mass is 10.1. The van der Waals surface area contributed by atoms with Crippen molar-refractivity contribution >= 4 is 51.2 Å². The molecule has 0 radical (unpaired) electrons. The van der Waals surface area contributed by atoms with Gasteiger partial charge in [0.15, 0.2) is 5.11 Å². The number of primary amides is 1. The van der Waals surface area contributed by atoms with Gasteiger partial charge >= 0.3 is 5.97 Å². The zero-order valence-electron chi connectivity index (χ0n) is 14.1. The monoisotopic (exact) mass is 377 g/mol. The van der Waals surface area contributed by atoms with Gasteiger partial charge in [0, 0.05) is 16.1 Å². The number of carbonyl (C=O) groups excluding carboxylic acids is 2. The van der Waals surface area contributed by atoms with Gasteiger partial charge < -0.3 is 21.1 Å². The van der Waals surface area contributed by atoms with Gasteiger partial charge in [-0.15, -0.1) is 11.3 Å². The quantitative estimate of drug-likeness (QED) is 0.547. The van der Waals surface area contributed by atoms with Crippen LogP contribution in [-0.4, -0.2) is 24.1 Å². The van der Waals surface area contributed by atoms with Crippen molar-refractivity contribution in [3.63, 3.8) is 0 Å². The molecule has 25 heavy (non-hydrogen) atoms. The first-order chi connectivity index (χ1) is 11.9. The van der Waals surface area contributed by atoms with Crippen molar-refractivity contribution in [3.05, 3.63) is 45.8 Å². The van der Waals surface area contributed by atoms with Crippen LogP contribution in [0.2, 0.25) is 0 Å². The molecule has 0 spiro atoms. The number of thiocarbonyl (C=S) groups is 1. The Bertz CT molecular complexity index is 813. The van der Waals surface area contributed by atoms with Crippen LogP contribution >= 0.6 is 23.6 Å². The van der Waals surface area contributed by atoms with E-state index in [1.54, 1.807) is 24.3 Å². The largest absolute Gasteiger partial charge is 0.465 e. The molecule has 0 atom stereocenters. The molecule has 1 heterocycles. The van der Waals surface area contributed by atoms with Crippen molar-refractivity contribution in [1.29, 1.82) is 0 Å². The molecule has 0 aliphatic carbocycles. The number of rotatable bonds is 5. The SMILES string of the molecule is CCc1c(C)sc(NC(=S)Nc2ccc(C(N)=O)cc2)c1C(=O)OC. The molecule has 2 aromatic rings. The standard InChI is InChI=1S/C17H19N3O3S2/c1-4-12-9(2)25-15(13(12)16(22)23-3)20-17(24)19-11-7-5-10(6-8-11)14(18)21/h5-8H,4H2,1-3H3,(H2,18,21)(H2,19,20,24). The molecule has 1 aromatic carbocycles. The topological polar surface area (TPSA) is 93.5 Å². The molecular weight excluding hydrogens is 358 g/mol. The molecule has 0 saturated carbocycles. The number of nitrogens with two attached hydrogens (primary N) is 1. The van der Waals surface area contributed by atoms with Gasteiger partial charge in [-0.25, -0.2) is 4.79 Å². The summed E-state index contributed by atoms with van der Waals surface area (Å²) in [6, 6.07) is 6.62. The summed E-state index contributed by atoms with van der Waals surface area (Å²) in [7, 11) is 1.36. The fourth-order valence-corrected chi connectivity index (χ4v) is 3.82. The summed E-state index contributed by atoms with van der Waals surface area (Å²) in [5.41, 5.74) is 7.80. The lowest BCUT2D eigenvalue weighted by Crippen LogP contribution is -2.20. The van der Waals surface area contributed by atoms with Crippen LogP contribution in [-0.2, 0) is 11.2 Å². The van der Waals surface area contributed by atoms with E-state index in [4.69, 9.17) is 22.7 Å². The van der Waals surface area contributed by atoms with Gasteiger partial charge in [0.05, 0.1) is 12.7 Å². The molecule has 1 aromatic heterocycles. The molecule has 1 amide bonds. The highest BCUT2D eigenvalue weighted by molar-refractivity contribution is 7.80. The first-order valence-corrected chi connectivity index (χ1v) is 8.78. The van der Waals surface area contributed by atoms with E-state index in [-0.39, 0.29) is 0 Å². The third-order valence-electron chi connectivity index (χ3n) is 3.61. The van der Waals surface area contributed by atoms with E-state index in [2.05, 4.69) is 10.6 Å². The highest BCUT2D eigenvalue weighted by Crippen LogP contribution is 2.34. The first-order valence-electron chi connectivity index (χ1n) is 7.55. The molecule has 6 nitrogen and oxygen atoms in total. The lowest BCUT2D eigenvalue weighted by Gasteiger charge is -2.11.